The molecule has 1 N–H and O–H groups in total. The van der Waals surface area contributed by atoms with E-state index in [0.717, 1.165) is 16.7 Å². The molecule has 0 aliphatic heterocycles. The molecule has 4 rings (SSSR count). The maximum atomic E-state index is 10.8. The highest BCUT2D eigenvalue weighted by Gasteiger charge is 2.38. The highest BCUT2D eigenvalue weighted by atomic mass is 35.5. The molecule has 0 amide bonds. The van der Waals surface area contributed by atoms with Crippen LogP contribution in [-0.2, 0) is 10.3 Å². The van der Waals surface area contributed by atoms with Crippen LogP contribution >= 0.6 is 11.6 Å². The smallest absolute Gasteiger partial charge is 0.143 e. The predicted molar refractivity (Wildman–Crippen MR) is 133 cm³/mol. The molecule has 5 heteroatoms. The number of aliphatic hydroxyl groups is 1. The molecule has 0 aliphatic rings. The zero-order valence-corrected chi connectivity index (χ0v) is 19.2. The lowest BCUT2D eigenvalue weighted by molar-refractivity contribution is -0.0494. The van der Waals surface area contributed by atoms with Crippen molar-refractivity contribution in [1.29, 1.82) is 5.26 Å². The summed E-state index contributed by atoms with van der Waals surface area (Å²) < 4.78 is 12.3. The summed E-state index contributed by atoms with van der Waals surface area (Å²) in [5, 5.41) is 20.5. The van der Waals surface area contributed by atoms with Crippen LogP contribution in [0.2, 0.25) is 5.02 Å². The Hall–Kier alpha value is -3.62. The standard InChI is InChI=1S/C29H24ClNO3/c30-26-16-17-28(22(18-26)19-31)33-20-27(32)21-34-29(23-10-4-1-5-11-23,24-12-6-2-7-13-24)25-14-8-3-9-15-25/h1-18,27,32H,20-21H2/t27-/m0/s1. The Morgan fingerprint density at radius 2 is 1.26 bits per heavy atom. The van der Waals surface area contributed by atoms with Crippen molar-refractivity contribution in [1.82, 2.24) is 0 Å². The largest absolute Gasteiger partial charge is 0.489 e. The number of nitriles is 1. The molecule has 4 aromatic carbocycles. The van der Waals surface area contributed by atoms with Crippen LogP contribution in [0.15, 0.2) is 109 Å². The van der Waals surface area contributed by atoms with Gasteiger partial charge in [0, 0.05) is 5.02 Å². The van der Waals surface area contributed by atoms with Crippen LogP contribution in [0, 0.1) is 11.3 Å². The fourth-order valence-corrected chi connectivity index (χ4v) is 4.11. The van der Waals surface area contributed by atoms with E-state index in [1.165, 1.54) is 6.07 Å². The first kappa shape index (κ1) is 23.5. The lowest BCUT2D eigenvalue weighted by Crippen LogP contribution is -2.37. The molecule has 34 heavy (non-hydrogen) atoms. The first-order valence-corrected chi connectivity index (χ1v) is 11.3. The Labute approximate surface area is 204 Å². The van der Waals surface area contributed by atoms with Gasteiger partial charge in [-0.2, -0.15) is 5.26 Å². The van der Waals surface area contributed by atoms with Crippen molar-refractivity contribution in [3.63, 3.8) is 0 Å². The average Bonchev–Trinajstić information content (AvgIpc) is 2.90. The zero-order valence-electron chi connectivity index (χ0n) is 18.5. The number of hydrogen-bond acceptors (Lipinski definition) is 4. The van der Waals surface area contributed by atoms with Gasteiger partial charge in [0.05, 0.1) is 12.2 Å². The van der Waals surface area contributed by atoms with Crippen molar-refractivity contribution in [2.75, 3.05) is 13.2 Å². The van der Waals surface area contributed by atoms with Crippen molar-refractivity contribution < 1.29 is 14.6 Å². The summed E-state index contributed by atoms with van der Waals surface area (Å²) in [5.74, 6) is 0.367. The summed E-state index contributed by atoms with van der Waals surface area (Å²) in [6.07, 6.45) is -0.933. The highest BCUT2D eigenvalue weighted by Crippen LogP contribution is 2.40. The van der Waals surface area contributed by atoms with Crippen LogP contribution in [0.4, 0.5) is 0 Å². The fourth-order valence-electron chi connectivity index (χ4n) is 3.94. The second kappa shape index (κ2) is 11.0. The third-order valence-electron chi connectivity index (χ3n) is 5.53. The number of ether oxygens (including phenoxy) is 2. The maximum absolute atomic E-state index is 10.8. The second-order valence-corrected chi connectivity index (χ2v) is 8.24. The molecule has 0 radical (unpaired) electrons. The molecule has 0 fully saturated rings. The Morgan fingerprint density at radius 3 is 1.74 bits per heavy atom. The van der Waals surface area contributed by atoms with Gasteiger partial charge in [-0.15, -0.1) is 0 Å². The summed E-state index contributed by atoms with van der Waals surface area (Å²) >= 11 is 5.96. The van der Waals surface area contributed by atoms with Gasteiger partial charge in [0.2, 0.25) is 0 Å². The van der Waals surface area contributed by atoms with Gasteiger partial charge in [-0.3, -0.25) is 0 Å². The molecule has 4 nitrogen and oxygen atoms in total. The third kappa shape index (κ3) is 5.13. The minimum absolute atomic E-state index is 0.00809. The van der Waals surface area contributed by atoms with E-state index in [1.54, 1.807) is 12.1 Å². The van der Waals surface area contributed by atoms with Crippen LogP contribution < -0.4 is 4.74 Å². The topological polar surface area (TPSA) is 62.5 Å². The SMILES string of the molecule is N#Cc1cc(Cl)ccc1OC[C@H](O)COC(c1ccccc1)(c1ccccc1)c1ccccc1. The Morgan fingerprint density at radius 1 is 0.765 bits per heavy atom. The lowest BCUT2D eigenvalue weighted by Gasteiger charge is -2.36. The molecular formula is C29H24ClNO3. The number of halogens is 1. The number of nitrogens with zero attached hydrogens (tertiary/aromatic N) is 1. The molecule has 4 aromatic rings. The summed E-state index contributed by atoms with van der Waals surface area (Å²) in [6, 6.07) is 36.7. The molecule has 0 spiro atoms. The van der Waals surface area contributed by atoms with Crippen LogP contribution in [0.1, 0.15) is 22.3 Å². The second-order valence-electron chi connectivity index (χ2n) is 7.81. The first-order chi connectivity index (χ1) is 16.6. The van der Waals surface area contributed by atoms with Gasteiger partial charge in [-0.05, 0) is 34.9 Å². The quantitative estimate of drug-likeness (QED) is 0.307. The monoisotopic (exact) mass is 469 g/mol. The van der Waals surface area contributed by atoms with Gasteiger partial charge in [-0.25, -0.2) is 0 Å². The molecule has 1 atom stereocenters. The molecular weight excluding hydrogens is 446 g/mol. The molecule has 0 aromatic heterocycles. The number of hydrogen-bond donors (Lipinski definition) is 1. The average molecular weight is 470 g/mol. The van der Waals surface area contributed by atoms with Gasteiger partial charge < -0.3 is 14.6 Å². The van der Waals surface area contributed by atoms with Crippen LogP contribution in [0.25, 0.3) is 0 Å². The van der Waals surface area contributed by atoms with Crippen molar-refractivity contribution in [2.45, 2.75) is 11.7 Å². The van der Waals surface area contributed by atoms with E-state index in [1.807, 2.05) is 91.0 Å². The minimum atomic E-state index is -0.933. The van der Waals surface area contributed by atoms with Gasteiger partial charge in [0.25, 0.3) is 0 Å². The van der Waals surface area contributed by atoms with Crippen LogP contribution in [0.5, 0.6) is 5.75 Å². The summed E-state index contributed by atoms with van der Waals surface area (Å²) in [6.45, 7) is -0.0288. The van der Waals surface area contributed by atoms with Crippen molar-refractivity contribution in [2.24, 2.45) is 0 Å². The van der Waals surface area contributed by atoms with Gasteiger partial charge in [-0.1, -0.05) is 103 Å². The molecule has 0 bridgehead atoms. The van der Waals surface area contributed by atoms with Crippen molar-refractivity contribution in [3.8, 4) is 11.8 Å². The molecule has 0 unspecified atom stereocenters. The van der Waals surface area contributed by atoms with Crippen molar-refractivity contribution >= 4 is 11.6 Å². The van der Waals surface area contributed by atoms with Crippen LogP contribution in [0.3, 0.4) is 0 Å². The molecule has 0 saturated carbocycles. The van der Waals surface area contributed by atoms with E-state index in [9.17, 15) is 10.4 Å². The minimum Gasteiger partial charge on any atom is -0.489 e. The summed E-state index contributed by atoms with van der Waals surface area (Å²) in [4.78, 5) is 0. The molecule has 0 heterocycles. The first-order valence-electron chi connectivity index (χ1n) is 10.9. The number of aliphatic hydroxyl groups excluding tert-OH is 1. The fraction of sp³-hybridized carbons (Fsp3) is 0.138. The predicted octanol–water partition coefficient (Wildman–Crippen LogP) is 5.96. The van der Waals surface area contributed by atoms with E-state index >= 15 is 0 Å². The Bertz CT molecular complexity index is 1140. The number of rotatable bonds is 9. The van der Waals surface area contributed by atoms with Gasteiger partial charge in [0.1, 0.15) is 30.1 Å². The van der Waals surface area contributed by atoms with E-state index in [4.69, 9.17) is 21.1 Å². The van der Waals surface area contributed by atoms with E-state index in [0.29, 0.717) is 16.3 Å². The van der Waals surface area contributed by atoms with E-state index < -0.39 is 11.7 Å². The zero-order chi connectivity index (χ0) is 23.8. The van der Waals surface area contributed by atoms with Gasteiger partial charge >= 0.3 is 0 Å². The third-order valence-corrected chi connectivity index (χ3v) is 5.76. The Kier molecular flexibility index (Phi) is 7.61. The Balaban J connectivity index is 1.62. The summed E-state index contributed by atoms with van der Waals surface area (Å²) in [5.41, 5.74) is 2.23. The van der Waals surface area contributed by atoms with Crippen LogP contribution in [-0.4, -0.2) is 24.4 Å². The van der Waals surface area contributed by atoms with Gasteiger partial charge in [0.15, 0.2) is 0 Å². The molecule has 0 aliphatic carbocycles. The maximum Gasteiger partial charge on any atom is 0.143 e. The van der Waals surface area contributed by atoms with Crippen molar-refractivity contribution in [3.05, 3.63) is 136 Å². The highest BCUT2D eigenvalue weighted by molar-refractivity contribution is 6.30. The lowest BCUT2D eigenvalue weighted by atomic mass is 9.80. The number of benzene rings is 4. The summed E-state index contributed by atoms with van der Waals surface area (Å²) in [7, 11) is 0. The van der Waals surface area contributed by atoms with E-state index in [-0.39, 0.29) is 13.2 Å². The molecule has 0 saturated heterocycles. The van der Waals surface area contributed by atoms with E-state index in [2.05, 4.69) is 6.07 Å². The normalized spacial score (nSPS) is 12.0. The molecule has 170 valence electrons.